The number of carbonyl (C=O) groups excluding carboxylic acids is 1. The van der Waals surface area contributed by atoms with Gasteiger partial charge in [-0.05, 0) is 37.1 Å². The van der Waals surface area contributed by atoms with E-state index in [0.717, 1.165) is 4.88 Å². The van der Waals surface area contributed by atoms with E-state index in [9.17, 15) is 13.2 Å². The van der Waals surface area contributed by atoms with E-state index in [1.165, 1.54) is 17.6 Å². The third-order valence-corrected chi connectivity index (χ3v) is 6.16. The van der Waals surface area contributed by atoms with Crippen LogP contribution in [0, 0.1) is 12.8 Å². The Labute approximate surface area is 139 Å². The van der Waals surface area contributed by atoms with Crippen molar-refractivity contribution < 1.29 is 17.6 Å². The summed E-state index contributed by atoms with van der Waals surface area (Å²) in [6.07, 6.45) is 1.52. The molecule has 126 valence electrons. The van der Waals surface area contributed by atoms with Crippen molar-refractivity contribution >= 4 is 27.3 Å². The van der Waals surface area contributed by atoms with Crippen LogP contribution in [0.2, 0.25) is 0 Å². The Morgan fingerprint density at radius 1 is 1.30 bits per heavy atom. The summed E-state index contributed by atoms with van der Waals surface area (Å²) in [5, 5.41) is 2.69. The van der Waals surface area contributed by atoms with E-state index in [-0.39, 0.29) is 22.6 Å². The van der Waals surface area contributed by atoms with E-state index in [0.29, 0.717) is 5.76 Å². The van der Waals surface area contributed by atoms with E-state index in [2.05, 4.69) is 10.0 Å². The van der Waals surface area contributed by atoms with Gasteiger partial charge in [-0.2, -0.15) is 4.72 Å². The number of aryl methyl sites for hydroxylation is 1. The van der Waals surface area contributed by atoms with Crippen molar-refractivity contribution in [3.8, 4) is 0 Å². The second-order valence-corrected chi connectivity index (χ2v) is 8.73. The first kappa shape index (κ1) is 17.7. The SMILES string of the molecule is Cc1ccc(S(=O)(=O)N[C@H](C(=O)NCc2ccco2)C(C)C)s1. The summed E-state index contributed by atoms with van der Waals surface area (Å²) in [6.45, 7) is 5.63. The molecule has 0 spiro atoms. The fraction of sp³-hybridized carbons (Fsp3) is 0.400. The lowest BCUT2D eigenvalue weighted by molar-refractivity contribution is -0.123. The minimum Gasteiger partial charge on any atom is -0.467 e. The maximum absolute atomic E-state index is 12.4. The highest BCUT2D eigenvalue weighted by Gasteiger charge is 2.29. The molecular formula is C15H20N2O4S2. The highest BCUT2D eigenvalue weighted by atomic mass is 32.2. The van der Waals surface area contributed by atoms with Gasteiger partial charge < -0.3 is 9.73 Å². The van der Waals surface area contributed by atoms with Crippen LogP contribution in [0.4, 0.5) is 0 Å². The molecular weight excluding hydrogens is 336 g/mol. The van der Waals surface area contributed by atoms with Gasteiger partial charge in [-0.15, -0.1) is 11.3 Å². The van der Waals surface area contributed by atoms with Crippen molar-refractivity contribution in [2.24, 2.45) is 5.92 Å². The van der Waals surface area contributed by atoms with Crippen LogP contribution in [0.3, 0.4) is 0 Å². The van der Waals surface area contributed by atoms with E-state index in [1.807, 2.05) is 6.92 Å². The molecule has 2 aromatic rings. The Kier molecular flexibility index (Phi) is 5.61. The van der Waals surface area contributed by atoms with E-state index >= 15 is 0 Å². The van der Waals surface area contributed by atoms with Crippen molar-refractivity contribution in [1.29, 1.82) is 0 Å². The van der Waals surface area contributed by atoms with Crippen molar-refractivity contribution in [2.75, 3.05) is 0 Å². The molecule has 2 aromatic heterocycles. The Morgan fingerprint density at radius 2 is 2.04 bits per heavy atom. The van der Waals surface area contributed by atoms with Gasteiger partial charge in [-0.3, -0.25) is 4.79 Å². The molecule has 23 heavy (non-hydrogen) atoms. The van der Waals surface area contributed by atoms with Gasteiger partial charge >= 0.3 is 0 Å². The van der Waals surface area contributed by atoms with E-state index in [4.69, 9.17) is 4.42 Å². The van der Waals surface area contributed by atoms with Crippen molar-refractivity contribution in [3.63, 3.8) is 0 Å². The molecule has 0 aliphatic carbocycles. The van der Waals surface area contributed by atoms with Crippen molar-refractivity contribution in [2.45, 2.75) is 37.6 Å². The first-order valence-electron chi connectivity index (χ1n) is 7.18. The molecule has 1 atom stereocenters. The quantitative estimate of drug-likeness (QED) is 0.796. The molecule has 8 heteroatoms. The number of thiophene rings is 1. The third kappa shape index (κ3) is 4.66. The van der Waals surface area contributed by atoms with Crippen LogP contribution in [0.25, 0.3) is 0 Å². The summed E-state index contributed by atoms with van der Waals surface area (Å²) in [6, 6.07) is 5.89. The van der Waals surface area contributed by atoms with Gasteiger partial charge in [0.2, 0.25) is 5.91 Å². The lowest BCUT2D eigenvalue weighted by atomic mass is 10.1. The number of rotatable bonds is 7. The monoisotopic (exact) mass is 356 g/mol. The Hall–Kier alpha value is -1.64. The first-order valence-corrected chi connectivity index (χ1v) is 9.48. The zero-order valence-electron chi connectivity index (χ0n) is 13.2. The molecule has 1 amide bonds. The number of furan rings is 1. The highest BCUT2D eigenvalue weighted by Crippen LogP contribution is 2.21. The summed E-state index contributed by atoms with van der Waals surface area (Å²) >= 11 is 1.17. The summed E-state index contributed by atoms with van der Waals surface area (Å²) < 4.78 is 32.6. The molecule has 0 aromatic carbocycles. The molecule has 0 saturated carbocycles. The van der Waals surface area contributed by atoms with Crippen LogP contribution in [0.5, 0.6) is 0 Å². The lowest BCUT2D eigenvalue weighted by Crippen LogP contribution is -2.49. The molecule has 0 unspecified atom stereocenters. The fourth-order valence-corrected chi connectivity index (χ4v) is 4.62. The van der Waals surface area contributed by atoms with Crippen LogP contribution in [-0.4, -0.2) is 20.4 Å². The number of sulfonamides is 1. The standard InChI is InChI=1S/C15H20N2O4S2/c1-10(2)14(15(18)16-9-12-5-4-8-21-12)17-23(19,20)13-7-6-11(3)22-13/h4-8,10,14,17H,9H2,1-3H3,(H,16,18)/t14-/m0/s1. The van der Waals surface area contributed by atoms with Gasteiger partial charge in [0, 0.05) is 4.88 Å². The molecule has 0 fully saturated rings. The van der Waals surface area contributed by atoms with E-state index in [1.54, 1.807) is 38.1 Å². The number of amides is 1. The van der Waals surface area contributed by atoms with Crippen LogP contribution in [-0.2, 0) is 21.4 Å². The maximum Gasteiger partial charge on any atom is 0.250 e. The molecule has 2 N–H and O–H groups in total. The Morgan fingerprint density at radius 3 is 2.57 bits per heavy atom. The smallest absolute Gasteiger partial charge is 0.250 e. The number of carbonyl (C=O) groups is 1. The summed E-state index contributed by atoms with van der Waals surface area (Å²) in [7, 11) is -3.72. The third-order valence-electron chi connectivity index (χ3n) is 3.23. The molecule has 0 aliphatic rings. The van der Waals surface area contributed by atoms with Gasteiger partial charge in [0.1, 0.15) is 16.0 Å². The second kappa shape index (κ2) is 7.29. The number of nitrogens with one attached hydrogen (secondary N) is 2. The molecule has 2 heterocycles. The van der Waals surface area contributed by atoms with Crippen LogP contribution in [0.1, 0.15) is 24.5 Å². The Balaban J connectivity index is 2.07. The van der Waals surface area contributed by atoms with Crippen molar-refractivity contribution in [1.82, 2.24) is 10.0 Å². The molecule has 6 nitrogen and oxygen atoms in total. The van der Waals surface area contributed by atoms with Crippen LogP contribution >= 0.6 is 11.3 Å². The minimum absolute atomic E-state index is 0.192. The van der Waals surface area contributed by atoms with E-state index < -0.39 is 16.1 Å². The average molecular weight is 356 g/mol. The minimum atomic E-state index is -3.72. The molecule has 0 radical (unpaired) electrons. The molecule has 2 rings (SSSR count). The van der Waals surface area contributed by atoms with Gasteiger partial charge in [-0.1, -0.05) is 13.8 Å². The van der Waals surface area contributed by atoms with Gasteiger partial charge in [0.05, 0.1) is 12.8 Å². The highest BCUT2D eigenvalue weighted by molar-refractivity contribution is 7.91. The topological polar surface area (TPSA) is 88.4 Å². The maximum atomic E-state index is 12.4. The fourth-order valence-electron chi connectivity index (χ4n) is 1.97. The number of hydrogen-bond acceptors (Lipinski definition) is 5. The average Bonchev–Trinajstić information content (AvgIpc) is 3.13. The van der Waals surface area contributed by atoms with Crippen LogP contribution in [0.15, 0.2) is 39.2 Å². The predicted molar refractivity (Wildman–Crippen MR) is 88.6 cm³/mol. The lowest BCUT2D eigenvalue weighted by Gasteiger charge is -2.21. The zero-order chi connectivity index (χ0) is 17.0. The van der Waals surface area contributed by atoms with Gasteiger partial charge in [-0.25, -0.2) is 8.42 Å². The van der Waals surface area contributed by atoms with Gasteiger partial charge in [0.25, 0.3) is 10.0 Å². The summed E-state index contributed by atoms with van der Waals surface area (Å²) in [4.78, 5) is 13.2. The molecule has 0 bridgehead atoms. The normalized spacial score (nSPS) is 13.2. The largest absolute Gasteiger partial charge is 0.467 e. The zero-order valence-corrected chi connectivity index (χ0v) is 14.8. The predicted octanol–water partition coefficient (Wildman–Crippen LogP) is 2.27. The Bertz CT molecular complexity index is 748. The summed E-state index contributed by atoms with van der Waals surface area (Å²) in [5.74, 6) is 0.0354. The van der Waals surface area contributed by atoms with Crippen LogP contribution < -0.4 is 10.0 Å². The first-order chi connectivity index (χ1) is 10.8. The van der Waals surface area contributed by atoms with Gasteiger partial charge in [0.15, 0.2) is 0 Å². The van der Waals surface area contributed by atoms with Crippen molar-refractivity contribution in [3.05, 3.63) is 41.2 Å². The molecule has 0 aliphatic heterocycles. The molecule has 0 saturated heterocycles. The summed E-state index contributed by atoms with van der Waals surface area (Å²) in [5.41, 5.74) is 0. The number of hydrogen-bond donors (Lipinski definition) is 2. The second-order valence-electron chi connectivity index (χ2n) is 5.51.